The first-order chi connectivity index (χ1) is 9.99. The fourth-order valence-corrected chi connectivity index (χ4v) is 4.03. The van der Waals surface area contributed by atoms with Crippen molar-refractivity contribution in [3.8, 4) is 0 Å². The van der Waals surface area contributed by atoms with E-state index < -0.39 is 0 Å². The maximum Gasteiger partial charge on any atom is 0.0859 e. The van der Waals surface area contributed by atoms with E-state index in [4.69, 9.17) is 5.73 Å². The van der Waals surface area contributed by atoms with Crippen LogP contribution < -0.4 is 5.73 Å². The van der Waals surface area contributed by atoms with Crippen molar-refractivity contribution in [1.29, 1.82) is 0 Å². The van der Waals surface area contributed by atoms with Crippen molar-refractivity contribution in [2.75, 3.05) is 17.2 Å². The van der Waals surface area contributed by atoms with Gasteiger partial charge >= 0.3 is 0 Å². The number of anilines is 1. The number of hydrogen-bond donors (Lipinski definition) is 1. The number of fused-ring (bicyclic) bond motifs is 1. The maximum atomic E-state index is 6.36. The van der Waals surface area contributed by atoms with Gasteiger partial charge in [0.2, 0.25) is 0 Å². The average molecular weight is 321 g/mol. The Morgan fingerprint density at radius 3 is 2.29 bits per heavy atom. The zero-order chi connectivity index (χ0) is 15.4. The van der Waals surface area contributed by atoms with E-state index in [1.807, 2.05) is 35.8 Å². The van der Waals surface area contributed by atoms with E-state index in [1.54, 1.807) is 0 Å². The smallest absolute Gasteiger partial charge is 0.0859 e. The monoisotopic (exact) mass is 320 g/mol. The molecule has 0 bridgehead atoms. The number of aromatic nitrogens is 1. The number of pyridine rings is 1. The van der Waals surface area contributed by atoms with Crippen molar-refractivity contribution in [3.63, 3.8) is 0 Å². The summed E-state index contributed by atoms with van der Waals surface area (Å²) in [6, 6.07) is 6.27. The summed E-state index contributed by atoms with van der Waals surface area (Å²) in [5.74, 6) is 3.51. The number of hydrogen-bond acceptors (Lipinski definition) is 4. The van der Waals surface area contributed by atoms with E-state index in [-0.39, 0.29) is 0 Å². The predicted octanol–water partition coefficient (Wildman–Crippen LogP) is 5.31. The summed E-state index contributed by atoms with van der Waals surface area (Å²) in [7, 11) is 0. The van der Waals surface area contributed by atoms with Gasteiger partial charge in [-0.15, -0.1) is 23.5 Å². The van der Waals surface area contributed by atoms with Crippen LogP contribution in [0.5, 0.6) is 0 Å². The van der Waals surface area contributed by atoms with Gasteiger partial charge < -0.3 is 5.73 Å². The molecule has 2 N–H and O–H groups in total. The molecule has 1 aromatic carbocycles. The lowest BCUT2D eigenvalue weighted by Gasteiger charge is -2.14. The van der Waals surface area contributed by atoms with Gasteiger partial charge in [0.25, 0.3) is 0 Å². The zero-order valence-corrected chi connectivity index (χ0v) is 14.9. The Kier molecular flexibility index (Phi) is 5.82. The van der Waals surface area contributed by atoms with Gasteiger partial charge in [-0.05, 0) is 30.0 Å². The molecule has 0 amide bonds. The molecule has 21 heavy (non-hydrogen) atoms. The maximum absolute atomic E-state index is 6.36. The molecule has 2 aromatic rings. The van der Waals surface area contributed by atoms with E-state index in [1.165, 1.54) is 9.79 Å². The van der Waals surface area contributed by atoms with Gasteiger partial charge in [-0.3, -0.25) is 4.98 Å². The van der Waals surface area contributed by atoms with Crippen molar-refractivity contribution in [1.82, 2.24) is 4.98 Å². The minimum absolute atomic E-state index is 0.658. The molecule has 0 spiro atoms. The molecule has 114 valence electrons. The third-order valence-electron chi connectivity index (χ3n) is 3.00. The first kappa shape index (κ1) is 16.5. The molecule has 0 fully saturated rings. The lowest BCUT2D eigenvalue weighted by atomic mass is 10.2. The Morgan fingerprint density at radius 2 is 1.67 bits per heavy atom. The molecule has 0 atom stereocenters. The quantitative estimate of drug-likeness (QED) is 0.578. The molecular formula is C17H24N2S2. The molecule has 0 aliphatic rings. The molecule has 0 radical (unpaired) electrons. The standard InChI is InChI=1S/C17H24N2S2/c1-11(2)9-20-14-8-15(21-10-12(3)4)17-13(16(14)18)6-5-7-19-17/h5-8,11-12H,9-10,18H2,1-4H3. The Labute approximate surface area is 136 Å². The van der Waals surface area contributed by atoms with E-state index in [9.17, 15) is 0 Å². The van der Waals surface area contributed by atoms with Gasteiger partial charge in [0.15, 0.2) is 0 Å². The van der Waals surface area contributed by atoms with Crippen LogP contribution in [-0.4, -0.2) is 16.5 Å². The summed E-state index contributed by atoms with van der Waals surface area (Å²) in [6.07, 6.45) is 1.85. The highest BCUT2D eigenvalue weighted by molar-refractivity contribution is 8.00. The fraction of sp³-hybridized carbons (Fsp3) is 0.471. The Balaban J connectivity index is 2.42. The Bertz CT molecular complexity index is 609. The highest BCUT2D eigenvalue weighted by Crippen LogP contribution is 2.38. The molecule has 4 heteroatoms. The second-order valence-corrected chi connectivity index (χ2v) is 8.22. The van der Waals surface area contributed by atoms with E-state index in [2.05, 4.69) is 44.8 Å². The van der Waals surface area contributed by atoms with E-state index in [0.29, 0.717) is 11.8 Å². The highest BCUT2D eigenvalue weighted by Gasteiger charge is 2.12. The average Bonchev–Trinajstić information content (AvgIpc) is 2.45. The largest absolute Gasteiger partial charge is 0.397 e. The SMILES string of the molecule is CC(C)CSc1cc(SCC(C)C)c2ncccc2c1N. The number of rotatable bonds is 6. The van der Waals surface area contributed by atoms with Crippen LogP contribution >= 0.6 is 23.5 Å². The molecule has 0 aliphatic heterocycles. The Morgan fingerprint density at radius 1 is 1.05 bits per heavy atom. The lowest BCUT2D eigenvalue weighted by molar-refractivity contribution is 0.750. The van der Waals surface area contributed by atoms with Crippen molar-refractivity contribution < 1.29 is 0 Å². The molecule has 2 rings (SSSR count). The lowest BCUT2D eigenvalue weighted by Crippen LogP contribution is -1.98. The van der Waals surface area contributed by atoms with Gasteiger partial charge in [-0.25, -0.2) is 0 Å². The van der Waals surface area contributed by atoms with Crippen molar-refractivity contribution >= 4 is 40.1 Å². The highest BCUT2D eigenvalue weighted by atomic mass is 32.2. The second-order valence-electron chi connectivity index (χ2n) is 6.10. The van der Waals surface area contributed by atoms with Crippen LogP contribution in [0.25, 0.3) is 10.9 Å². The van der Waals surface area contributed by atoms with Gasteiger partial charge in [0.1, 0.15) is 0 Å². The summed E-state index contributed by atoms with van der Waals surface area (Å²) in [6.45, 7) is 8.96. The summed E-state index contributed by atoms with van der Waals surface area (Å²) < 4.78 is 0. The number of benzene rings is 1. The molecule has 0 aliphatic carbocycles. The number of nitrogens with two attached hydrogens (primary N) is 1. The molecule has 0 unspecified atom stereocenters. The third-order valence-corrected chi connectivity index (χ3v) is 5.94. The summed E-state index contributed by atoms with van der Waals surface area (Å²) in [5.41, 5.74) is 8.27. The first-order valence-corrected chi connectivity index (χ1v) is 9.39. The molecule has 1 aromatic heterocycles. The van der Waals surface area contributed by atoms with Gasteiger partial charge in [0, 0.05) is 32.9 Å². The van der Waals surface area contributed by atoms with Crippen LogP contribution in [0, 0.1) is 11.8 Å². The Hall–Kier alpha value is -0.870. The van der Waals surface area contributed by atoms with Gasteiger partial charge in [-0.2, -0.15) is 0 Å². The number of thioether (sulfide) groups is 2. The number of nitrogen functional groups attached to an aromatic ring is 1. The van der Waals surface area contributed by atoms with E-state index >= 15 is 0 Å². The van der Waals surface area contributed by atoms with Crippen LogP contribution in [-0.2, 0) is 0 Å². The van der Waals surface area contributed by atoms with Crippen LogP contribution in [0.1, 0.15) is 27.7 Å². The second kappa shape index (κ2) is 7.41. The van der Waals surface area contributed by atoms with Crippen molar-refractivity contribution in [2.45, 2.75) is 37.5 Å². The minimum atomic E-state index is 0.658. The van der Waals surface area contributed by atoms with Crippen molar-refractivity contribution in [3.05, 3.63) is 24.4 Å². The molecule has 0 saturated heterocycles. The zero-order valence-electron chi connectivity index (χ0n) is 13.2. The van der Waals surface area contributed by atoms with E-state index in [0.717, 1.165) is 28.1 Å². The summed E-state index contributed by atoms with van der Waals surface area (Å²) in [5, 5.41) is 1.08. The third kappa shape index (κ3) is 4.30. The minimum Gasteiger partial charge on any atom is -0.397 e. The van der Waals surface area contributed by atoms with Gasteiger partial charge in [0.05, 0.1) is 11.2 Å². The number of nitrogens with zero attached hydrogens (tertiary/aromatic N) is 1. The van der Waals surface area contributed by atoms with Crippen LogP contribution in [0.4, 0.5) is 5.69 Å². The molecule has 2 nitrogen and oxygen atoms in total. The molecule has 1 heterocycles. The summed E-state index contributed by atoms with van der Waals surface area (Å²) in [4.78, 5) is 6.99. The van der Waals surface area contributed by atoms with Gasteiger partial charge in [-0.1, -0.05) is 27.7 Å². The van der Waals surface area contributed by atoms with Crippen LogP contribution in [0.15, 0.2) is 34.2 Å². The predicted molar refractivity (Wildman–Crippen MR) is 97.3 cm³/mol. The normalized spacial score (nSPS) is 11.7. The molecular weight excluding hydrogens is 296 g/mol. The van der Waals surface area contributed by atoms with Crippen LogP contribution in [0.2, 0.25) is 0 Å². The first-order valence-electron chi connectivity index (χ1n) is 7.41. The topological polar surface area (TPSA) is 38.9 Å². The fourth-order valence-electron chi connectivity index (χ4n) is 1.96. The molecule has 0 saturated carbocycles. The summed E-state index contributed by atoms with van der Waals surface area (Å²) >= 11 is 3.74. The van der Waals surface area contributed by atoms with Crippen molar-refractivity contribution in [2.24, 2.45) is 11.8 Å². The van der Waals surface area contributed by atoms with Crippen LogP contribution in [0.3, 0.4) is 0 Å².